The first-order valence-corrected chi connectivity index (χ1v) is 7.20. The highest BCUT2D eigenvalue weighted by molar-refractivity contribution is 8.00. The zero-order valence-electron chi connectivity index (χ0n) is 11.0. The van der Waals surface area contributed by atoms with Gasteiger partial charge in [-0.2, -0.15) is 0 Å². The third kappa shape index (κ3) is 3.71. The molecule has 2 rings (SSSR count). The Kier molecular flexibility index (Phi) is 4.98. The van der Waals surface area contributed by atoms with Crippen LogP contribution in [0.1, 0.15) is 17.3 Å². The predicted molar refractivity (Wildman–Crippen MR) is 79.7 cm³/mol. The minimum atomic E-state index is -0.251. The van der Waals surface area contributed by atoms with Crippen LogP contribution in [0.2, 0.25) is 5.15 Å². The van der Waals surface area contributed by atoms with Gasteiger partial charge in [0.25, 0.3) is 0 Å². The van der Waals surface area contributed by atoms with Gasteiger partial charge in [-0.3, -0.25) is 4.79 Å². The fourth-order valence-corrected chi connectivity index (χ4v) is 2.53. The number of thioether (sulfide) groups is 1. The van der Waals surface area contributed by atoms with Gasteiger partial charge in [-0.05, 0) is 43.3 Å². The normalized spacial score (nSPS) is 11.9. The molecule has 0 aliphatic rings. The van der Waals surface area contributed by atoms with Crippen molar-refractivity contribution in [3.63, 3.8) is 0 Å². The van der Waals surface area contributed by atoms with Crippen LogP contribution in [0.15, 0.2) is 41.4 Å². The monoisotopic (exact) mass is 308 g/mol. The van der Waals surface area contributed by atoms with Crippen LogP contribution in [-0.2, 0) is 0 Å². The molecule has 0 aliphatic carbocycles. The van der Waals surface area contributed by atoms with Crippen molar-refractivity contribution in [3.05, 3.63) is 47.1 Å². The number of carbonyl (C=O) groups is 1. The summed E-state index contributed by atoms with van der Waals surface area (Å²) in [5.74, 6) is 0.764. The third-order valence-corrected chi connectivity index (χ3v) is 3.88. The molecule has 1 aromatic carbocycles. The molecular formula is C14H13ClN2O2S. The number of halogens is 1. The molecule has 1 aromatic heterocycles. The van der Waals surface area contributed by atoms with Crippen LogP contribution in [0.4, 0.5) is 0 Å². The fraction of sp³-hybridized carbons (Fsp3) is 0.214. The molecule has 0 amide bonds. The number of ketones is 1. The van der Waals surface area contributed by atoms with Gasteiger partial charge >= 0.3 is 0 Å². The summed E-state index contributed by atoms with van der Waals surface area (Å²) >= 11 is 7.03. The van der Waals surface area contributed by atoms with Crippen LogP contribution < -0.4 is 4.74 Å². The summed E-state index contributed by atoms with van der Waals surface area (Å²) in [7, 11) is 1.59. The molecule has 0 saturated carbocycles. The van der Waals surface area contributed by atoms with E-state index in [2.05, 4.69) is 10.2 Å². The van der Waals surface area contributed by atoms with Crippen molar-refractivity contribution < 1.29 is 9.53 Å². The summed E-state index contributed by atoms with van der Waals surface area (Å²) in [6, 6.07) is 10.5. The third-order valence-electron chi connectivity index (χ3n) is 2.65. The topological polar surface area (TPSA) is 52.1 Å². The number of aromatic nitrogens is 2. The molecule has 6 heteroatoms. The van der Waals surface area contributed by atoms with Gasteiger partial charge in [-0.25, -0.2) is 0 Å². The summed E-state index contributed by atoms with van der Waals surface area (Å²) in [5, 5.41) is 8.44. The van der Waals surface area contributed by atoms with Crippen molar-refractivity contribution in [2.45, 2.75) is 17.2 Å². The Morgan fingerprint density at radius 2 is 1.90 bits per heavy atom. The Labute approximate surface area is 126 Å². The van der Waals surface area contributed by atoms with Crippen LogP contribution in [0, 0.1) is 0 Å². The SMILES string of the molecule is COc1ccc(C(=O)[C@H](C)Sc2ccc(Cl)nn2)cc1. The quantitative estimate of drug-likeness (QED) is 0.625. The number of rotatable bonds is 5. The molecule has 0 aliphatic heterocycles. The molecule has 104 valence electrons. The van der Waals surface area contributed by atoms with E-state index in [4.69, 9.17) is 16.3 Å². The molecule has 4 nitrogen and oxygen atoms in total. The van der Waals surface area contributed by atoms with Gasteiger partial charge in [-0.1, -0.05) is 23.4 Å². The van der Waals surface area contributed by atoms with E-state index < -0.39 is 0 Å². The van der Waals surface area contributed by atoms with E-state index in [1.54, 1.807) is 43.5 Å². The van der Waals surface area contributed by atoms with E-state index >= 15 is 0 Å². The van der Waals surface area contributed by atoms with Crippen molar-refractivity contribution in [2.75, 3.05) is 7.11 Å². The van der Waals surface area contributed by atoms with Gasteiger partial charge in [0.15, 0.2) is 10.9 Å². The number of Topliss-reactive ketones (excluding diaryl/α,β-unsaturated/α-hetero) is 1. The van der Waals surface area contributed by atoms with Gasteiger partial charge in [0.1, 0.15) is 10.8 Å². The van der Waals surface area contributed by atoms with E-state index in [0.717, 1.165) is 5.75 Å². The maximum atomic E-state index is 12.3. The Morgan fingerprint density at radius 1 is 1.20 bits per heavy atom. The molecule has 0 saturated heterocycles. The second-order valence-electron chi connectivity index (χ2n) is 4.05. The van der Waals surface area contributed by atoms with Gasteiger partial charge in [0.05, 0.1) is 12.4 Å². The second-order valence-corrected chi connectivity index (χ2v) is 5.80. The summed E-state index contributed by atoms with van der Waals surface area (Å²) in [4.78, 5) is 12.3. The largest absolute Gasteiger partial charge is 0.497 e. The van der Waals surface area contributed by atoms with Crippen molar-refractivity contribution in [1.82, 2.24) is 10.2 Å². The van der Waals surface area contributed by atoms with E-state index in [0.29, 0.717) is 15.7 Å². The van der Waals surface area contributed by atoms with Crippen molar-refractivity contribution in [1.29, 1.82) is 0 Å². The lowest BCUT2D eigenvalue weighted by Crippen LogP contribution is -2.13. The summed E-state index contributed by atoms with van der Waals surface area (Å²) in [6.07, 6.45) is 0. The highest BCUT2D eigenvalue weighted by Gasteiger charge is 2.17. The Bertz CT molecular complexity index is 587. The Morgan fingerprint density at radius 3 is 2.45 bits per heavy atom. The number of hydrogen-bond donors (Lipinski definition) is 0. The molecule has 0 spiro atoms. The van der Waals surface area contributed by atoms with Gasteiger partial charge in [0.2, 0.25) is 0 Å². The number of carbonyl (C=O) groups excluding carboxylic acids is 1. The lowest BCUT2D eigenvalue weighted by atomic mass is 10.1. The first kappa shape index (κ1) is 14.8. The maximum Gasteiger partial charge on any atom is 0.175 e. The zero-order valence-corrected chi connectivity index (χ0v) is 12.6. The van der Waals surface area contributed by atoms with Gasteiger partial charge < -0.3 is 4.74 Å². The standard InChI is InChI=1S/C14H13ClN2O2S/c1-9(20-13-8-7-12(15)16-17-13)14(18)10-3-5-11(19-2)6-4-10/h3-9H,1-2H3/t9-/m0/s1. The Hall–Kier alpha value is -1.59. The molecular weight excluding hydrogens is 296 g/mol. The van der Waals surface area contributed by atoms with E-state index in [1.807, 2.05) is 6.92 Å². The molecule has 0 N–H and O–H groups in total. The lowest BCUT2D eigenvalue weighted by Gasteiger charge is -2.09. The van der Waals surface area contributed by atoms with E-state index in [9.17, 15) is 4.79 Å². The first-order chi connectivity index (χ1) is 9.60. The average Bonchev–Trinajstić information content (AvgIpc) is 2.49. The molecule has 0 fully saturated rings. The highest BCUT2D eigenvalue weighted by Crippen LogP contribution is 2.24. The molecule has 0 bridgehead atoms. The predicted octanol–water partition coefficient (Wildman–Crippen LogP) is 3.50. The van der Waals surface area contributed by atoms with Crippen LogP contribution in [0.5, 0.6) is 5.75 Å². The zero-order chi connectivity index (χ0) is 14.5. The van der Waals surface area contributed by atoms with E-state index in [-0.39, 0.29) is 11.0 Å². The molecule has 0 radical (unpaired) electrons. The van der Waals surface area contributed by atoms with Crippen molar-refractivity contribution in [2.24, 2.45) is 0 Å². The summed E-state index contributed by atoms with van der Waals surface area (Å²) in [5.41, 5.74) is 0.646. The number of methoxy groups -OCH3 is 1. The molecule has 1 heterocycles. The van der Waals surface area contributed by atoms with Crippen LogP contribution in [0.25, 0.3) is 0 Å². The minimum absolute atomic E-state index is 0.0365. The maximum absolute atomic E-state index is 12.3. The number of ether oxygens (including phenoxy) is 1. The van der Waals surface area contributed by atoms with Crippen LogP contribution >= 0.6 is 23.4 Å². The first-order valence-electron chi connectivity index (χ1n) is 5.94. The Balaban J connectivity index is 2.05. The smallest absolute Gasteiger partial charge is 0.175 e. The van der Waals surface area contributed by atoms with Crippen LogP contribution in [-0.4, -0.2) is 28.3 Å². The fourth-order valence-electron chi connectivity index (χ4n) is 1.59. The van der Waals surface area contributed by atoms with Gasteiger partial charge in [0, 0.05) is 5.56 Å². The van der Waals surface area contributed by atoms with Crippen molar-refractivity contribution in [3.8, 4) is 5.75 Å². The molecule has 2 aromatic rings. The molecule has 1 atom stereocenters. The van der Waals surface area contributed by atoms with E-state index in [1.165, 1.54) is 11.8 Å². The number of benzene rings is 1. The molecule has 0 unspecified atom stereocenters. The second kappa shape index (κ2) is 6.72. The lowest BCUT2D eigenvalue weighted by molar-refractivity contribution is 0.0994. The highest BCUT2D eigenvalue weighted by atomic mass is 35.5. The summed E-state index contributed by atoms with van der Waals surface area (Å²) < 4.78 is 5.07. The van der Waals surface area contributed by atoms with Gasteiger partial charge in [-0.15, -0.1) is 10.2 Å². The summed E-state index contributed by atoms with van der Waals surface area (Å²) in [6.45, 7) is 1.84. The number of hydrogen-bond acceptors (Lipinski definition) is 5. The number of nitrogens with zero attached hydrogens (tertiary/aromatic N) is 2. The minimum Gasteiger partial charge on any atom is -0.497 e. The molecule has 20 heavy (non-hydrogen) atoms. The van der Waals surface area contributed by atoms with Crippen LogP contribution in [0.3, 0.4) is 0 Å². The average molecular weight is 309 g/mol. The van der Waals surface area contributed by atoms with Crippen molar-refractivity contribution >= 4 is 29.1 Å².